The topological polar surface area (TPSA) is 32.8 Å². The van der Waals surface area contributed by atoms with Gasteiger partial charge in [0.05, 0.1) is 7.11 Å². The number of methoxy groups -OCH3 is 1. The van der Waals surface area contributed by atoms with E-state index < -0.39 is 11.6 Å². The van der Waals surface area contributed by atoms with Crippen molar-refractivity contribution < 1.29 is 18.3 Å². The smallest absolute Gasteiger partial charge is 0.258 e. The minimum Gasteiger partial charge on any atom is -0.497 e. The van der Waals surface area contributed by atoms with Crippen LogP contribution in [0.1, 0.15) is 39.9 Å². The first-order chi connectivity index (χ1) is 16.4. The van der Waals surface area contributed by atoms with Crippen LogP contribution in [0.15, 0.2) is 60.7 Å². The summed E-state index contributed by atoms with van der Waals surface area (Å²) in [6.45, 7) is 4.81. The van der Waals surface area contributed by atoms with Crippen LogP contribution < -0.4 is 9.64 Å². The number of hydrogen-bond donors (Lipinski definition) is 0. The number of likely N-dealkylation sites (tertiary alicyclic amines) is 1. The second-order valence-corrected chi connectivity index (χ2v) is 9.45. The number of fused-ring (bicyclic) bond motifs is 2. The van der Waals surface area contributed by atoms with Crippen molar-refractivity contribution in [3.8, 4) is 5.75 Å². The number of ether oxygens (including phenoxy) is 1. The highest BCUT2D eigenvalue weighted by Crippen LogP contribution is 2.48. The molecule has 176 valence electrons. The third-order valence-electron chi connectivity index (χ3n) is 7.24. The number of rotatable bonds is 4. The van der Waals surface area contributed by atoms with Gasteiger partial charge in [-0.1, -0.05) is 23.8 Å². The quantitative estimate of drug-likeness (QED) is 0.515. The van der Waals surface area contributed by atoms with E-state index in [4.69, 9.17) is 4.74 Å². The molecule has 0 bridgehead atoms. The number of carbonyl (C=O) groups excluding carboxylic acids is 1. The molecule has 34 heavy (non-hydrogen) atoms. The molecule has 0 saturated carbocycles. The van der Waals surface area contributed by atoms with E-state index in [9.17, 15) is 13.6 Å². The molecule has 1 amide bonds. The van der Waals surface area contributed by atoms with Gasteiger partial charge in [0.2, 0.25) is 0 Å². The number of benzene rings is 3. The molecular weight excluding hydrogens is 434 g/mol. The average molecular weight is 463 g/mol. The van der Waals surface area contributed by atoms with Crippen LogP contribution in [0.2, 0.25) is 0 Å². The third-order valence-corrected chi connectivity index (χ3v) is 7.24. The first-order valence-electron chi connectivity index (χ1n) is 11.6. The fourth-order valence-corrected chi connectivity index (χ4v) is 5.35. The molecule has 0 radical (unpaired) electrons. The summed E-state index contributed by atoms with van der Waals surface area (Å²) in [5.41, 5.74) is 4.45. The Morgan fingerprint density at radius 3 is 2.50 bits per heavy atom. The molecule has 1 fully saturated rings. The molecule has 3 aromatic carbocycles. The first kappa shape index (κ1) is 22.5. The molecule has 1 spiro atoms. The molecule has 0 aromatic heterocycles. The van der Waals surface area contributed by atoms with Crippen molar-refractivity contribution >= 4 is 11.6 Å². The second-order valence-electron chi connectivity index (χ2n) is 9.45. The van der Waals surface area contributed by atoms with E-state index >= 15 is 0 Å². The van der Waals surface area contributed by atoms with E-state index in [1.807, 2.05) is 48.2 Å². The molecule has 0 unspecified atom stereocenters. The summed E-state index contributed by atoms with van der Waals surface area (Å²) in [7, 11) is 1.66. The van der Waals surface area contributed by atoms with Crippen molar-refractivity contribution in [1.82, 2.24) is 4.90 Å². The number of hydrogen-bond acceptors (Lipinski definition) is 3. The maximum Gasteiger partial charge on any atom is 0.258 e. The van der Waals surface area contributed by atoms with E-state index in [0.717, 1.165) is 54.1 Å². The van der Waals surface area contributed by atoms with Crippen molar-refractivity contribution in [1.29, 1.82) is 0 Å². The zero-order chi connectivity index (χ0) is 23.9. The number of nitrogens with zero attached hydrogens (tertiary/aromatic N) is 2. The first-order valence-corrected chi connectivity index (χ1v) is 11.6. The van der Waals surface area contributed by atoms with Crippen LogP contribution in [-0.4, -0.2) is 37.6 Å². The summed E-state index contributed by atoms with van der Waals surface area (Å²) in [5, 5.41) is 0. The van der Waals surface area contributed by atoms with Gasteiger partial charge in [-0.05, 0) is 86.4 Å². The van der Waals surface area contributed by atoms with Gasteiger partial charge in [-0.3, -0.25) is 9.69 Å². The number of aryl methyl sites for hydroxylation is 1. The Labute approximate surface area is 198 Å². The highest BCUT2D eigenvalue weighted by molar-refractivity contribution is 6.08. The van der Waals surface area contributed by atoms with Gasteiger partial charge in [0.1, 0.15) is 5.75 Å². The Bertz CT molecular complexity index is 1230. The highest BCUT2D eigenvalue weighted by atomic mass is 19.2. The van der Waals surface area contributed by atoms with E-state index in [0.29, 0.717) is 18.7 Å². The van der Waals surface area contributed by atoms with Gasteiger partial charge < -0.3 is 9.64 Å². The molecule has 0 atom stereocenters. The Kier molecular flexibility index (Phi) is 5.86. The van der Waals surface area contributed by atoms with Crippen molar-refractivity contribution in [3.05, 3.63) is 94.6 Å². The maximum absolute atomic E-state index is 13.7. The van der Waals surface area contributed by atoms with Crippen LogP contribution in [0.4, 0.5) is 14.5 Å². The number of piperidine rings is 1. The van der Waals surface area contributed by atoms with Crippen molar-refractivity contribution in [3.63, 3.8) is 0 Å². The van der Waals surface area contributed by atoms with Crippen molar-refractivity contribution in [2.45, 2.75) is 31.7 Å². The minimum atomic E-state index is -0.823. The summed E-state index contributed by atoms with van der Waals surface area (Å²) in [5.74, 6) is -0.840. The SMILES string of the molecule is COc1ccc2c(c1)C1(CCN(Cc3ccc(F)c(F)c3)CC1)CN2C(=O)c1cccc(C)c1. The lowest BCUT2D eigenvalue weighted by Gasteiger charge is -2.40. The molecule has 6 heteroatoms. The molecular formula is C28H28F2N2O2. The van der Waals surface area contributed by atoms with Crippen molar-refractivity contribution in [2.75, 3.05) is 31.6 Å². The van der Waals surface area contributed by atoms with E-state index in [2.05, 4.69) is 11.0 Å². The van der Waals surface area contributed by atoms with Crippen molar-refractivity contribution in [2.24, 2.45) is 0 Å². The largest absolute Gasteiger partial charge is 0.497 e. The standard InChI is InChI=1S/C28H28F2N2O2/c1-19-4-3-5-21(14-19)27(33)32-18-28(23-16-22(34-2)7-9-26(23)32)10-12-31(13-11-28)17-20-6-8-24(29)25(30)15-20/h3-9,14-16H,10-13,17-18H2,1-2H3. The molecule has 1 saturated heterocycles. The summed E-state index contributed by atoms with van der Waals surface area (Å²) >= 11 is 0. The molecule has 2 heterocycles. The monoisotopic (exact) mass is 462 g/mol. The predicted molar refractivity (Wildman–Crippen MR) is 128 cm³/mol. The molecule has 5 rings (SSSR count). The zero-order valence-corrected chi connectivity index (χ0v) is 19.5. The number of amides is 1. The Balaban J connectivity index is 1.40. The zero-order valence-electron chi connectivity index (χ0n) is 19.5. The fourth-order valence-electron chi connectivity index (χ4n) is 5.35. The Morgan fingerprint density at radius 2 is 1.79 bits per heavy atom. The lowest BCUT2D eigenvalue weighted by Crippen LogP contribution is -2.45. The van der Waals surface area contributed by atoms with Crippen LogP contribution >= 0.6 is 0 Å². The van der Waals surface area contributed by atoms with Crippen LogP contribution in [0.3, 0.4) is 0 Å². The fraction of sp³-hybridized carbons (Fsp3) is 0.321. The lowest BCUT2D eigenvalue weighted by molar-refractivity contribution is 0.0975. The lowest BCUT2D eigenvalue weighted by atomic mass is 9.74. The number of carbonyl (C=O) groups is 1. The van der Waals surface area contributed by atoms with Gasteiger partial charge in [0.25, 0.3) is 5.91 Å². The van der Waals surface area contributed by atoms with Gasteiger partial charge >= 0.3 is 0 Å². The summed E-state index contributed by atoms with van der Waals surface area (Å²) in [4.78, 5) is 17.7. The number of halogens is 2. The average Bonchev–Trinajstić information content (AvgIpc) is 3.15. The van der Waals surface area contributed by atoms with Gasteiger partial charge in [-0.25, -0.2) is 8.78 Å². The summed E-state index contributed by atoms with van der Waals surface area (Å²) in [6.07, 6.45) is 1.74. The highest BCUT2D eigenvalue weighted by Gasteiger charge is 2.46. The van der Waals surface area contributed by atoms with E-state index in [1.54, 1.807) is 13.2 Å². The predicted octanol–water partition coefficient (Wildman–Crippen LogP) is 5.48. The molecule has 0 aliphatic carbocycles. The molecule has 3 aromatic rings. The van der Waals surface area contributed by atoms with Crippen LogP contribution in [0.25, 0.3) is 0 Å². The summed E-state index contributed by atoms with van der Waals surface area (Å²) < 4.78 is 32.5. The molecule has 2 aliphatic rings. The van der Waals surface area contributed by atoms with Crippen LogP contribution in [-0.2, 0) is 12.0 Å². The Hall–Kier alpha value is -3.25. The van der Waals surface area contributed by atoms with E-state index in [-0.39, 0.29) is 11.3 Å². The van der Waals surface area contributed by atoms with Crippen LogP contribution in [0.5, 0.6) is 5.75 Å². The molecule has 2 aliphatic heterocycles. The minimum absolute atomic E-state index is 0.0104. The van der Waals surface area contributed by atoms with Gasteiger partial charge in [-0.15, -0.1) is 0 Å². The van der Waals surface area contributed by atoms with Gasteiger partial charge in [0.15, 0.2) is 11.6 Å². The molecule has 0 N–H and O–H groups in total. The number of anilines is 1. The third kappa shape index (κ3) is 4.07. The summed E-state index contributed by atoms with van der Waals surface area (Å²) in [6, 6.07) is 17.8. The maximum atomic E-state index is 13.7. The molecule has 4 nitrogen and oxygen atoms in total. The normalized spacial score (nSPS) is 17.1. The van der Waals surface area contributed by atoms with Gasteiger partial charge in [0, 0.05) is 29.8 Å². The second kappa shape index (κ2) is 8.84. The van der Waals surface area contributed by atoms with Gasteiger partial charge in [-0.2, -0.15) is 0 Å². The Morgan fingerprint density at radius 1 is 1.00 bits per heavy atom. The van der Waals surface area contributed by atoms with Crippen LogP contribution in [0, 0.1) is 18.6 Å². The van der Waals surface area contributed by atoms with E-state index in [1.165, 1.54) is 12.1 Å².